The Morgan fingerprint density at radius 1 is 0.579 bits per heavy atom. The molecule has 0 fully saturated rings. The van der Waals surface area contributed by atoms with E-state index in [1.165, 1.54) is 0 Å². The van der Waals surface area contributed by atoms with Gasteiger partial charge in [-0.1, -0.05) is 13.2 Å². The first-order valence-corrected chi connectivity index (χ1v) is 8.67. The summed E-state index contributed by atoms with van der Waals surface area (Å²) in [5, 5.41) is 0. The van der Waals surface area contributed by atoms with E-state index in [9.17, 15) is 0 Å². The summed E-state index contributed by atoms with van der Waals surface area (Å²) in [5.41, 5.74) is 3.15. The average molecular weight is 331 g/mol. The van der Waals surface area contributed by atoms with E-state index in [0.717, 1.165) is 0 Å². The van der Waals surface area contributed by atoms with Gasteiger partial charge < -0.3 is 26.6 Å². The minimum atomic E-state index is -2.43. The molecule has 0 aromatic heterocycles. The fourth-order valence-electron chi connectivity index (χ4n) is 1.00. The van der Waals surface area contributed by atoms with Gasteiger partial charge in [0.2, 0.25) is 0 Å². The second-order valence-electron chi connectivity index (χ2n) is 2.84. The van der Waals surface area contributed by atoms with Crippen molar-refractivity contribution in [2.75, 3.05) is 42.7 Å². The lowest BCUT2D eigenvalue weighted by atomic mass is 11.3. The molecule has 0 heterocycles. The number of rotatable bonds is 8. The second-order valence-corrected chi connectivity index (χ2v) is 8.52. The van der Waals surface area contributed by atoms with Gasteiger partial charge >= 0.3 is 17.6 Å². The zero-order valence-corrected chi connectivity index (χ0v) is 15.5. The molecule has 116 valence electrons. The molecule has 6 nitrogen and oxygen atoms in total. The Kier molecular flexibility index (Phi) is 16.5. The molecule has 0 saturated carbocycles. The van der Waals surface area contributed by atoms with E-state index in [2.05, 4.69) is 13.2 Å². The highest BCUT2D eigenvalue weighted by Crippen LogP contribution is 2.05. The van der Waals surface area contributed by atoms with Gasteiger partial charge in [0.05, 0.1) is 0 Å². The van der Waals surface area contributed by atoms with Crippen LogP contribution in [-0.2, 0) is 26.6 Å². The van der Waals surface area contributed by atoms with Gasteiger partial charge in [-0.05, 0) is 11.4 Å². The van der Waals surface area contributed by atoms with E-state index in [-0.39, 0.29) is 13.5 Å². The molecule has 0 unspecified atom stereocenters. The van der Waals surface area contributed by atoms with Crippen molar-refractivity contribution in [3.63, 3.8) is 0 Å². The summed E-state index contributed by atoms with van der Waals surface area (Å²) in [5.74, 6) is 0. The predicted octanol–water partition coefficient (Wildman–Crippen LogP) is 1.29. The van der Waals surface area contributed by atoms with Gasteiger partial charge in [-0.25, -0.2) is 0 Å². The average Bonchev–Trinajstić information content (AvgIpc) is 2.46. The van der Waals surface area contributed by atoms with Gasteiger partial charge in [0, 0.05) is 42.7 Å². The third-order valence-corrected chi connectivity index (χ3v) is 6.62. The van der Waals surface area contributed by atoms with Crippen LogP contribution in [0.15, 0.2) is 24.6 Å². The largest absolute Gasteiger partial charge is 0.528 e. The Hall–Kier alpha value is 0.0238. The summed E-state index contributed by atoms with van der Waals surface area (Å²) in [6.45, 7) is 7.06. The maximum atomic E-state index is 4.96. The molecule has 0 saturated heterocycles. The molecule has 0 aliphatic heterocycles. The number of hydrogen-bond donors (Lipinski definition) is 0. The van der Waals surface area contributed by atoms with Crippen LogP contribution in [0.2, 0.25) is 0 Å². The first kappa shape index (κ1) is 24.1. The van der Waals surface area contributed by atoms with Crippen molar-refractivity contribution in [2.24, 2.45) is 0 Å². The van der Waals surface area contributed by atoms with Gasteiger partial charge in [0.1, 0.15) is 0 Å². The molecule has 0 bridgehead atoms. The van der Waals surface area contributed by atoms with Crippen LogP contribution < -0.4 is 0 Å². The Morgan fingerprint density at radius 3 is 0.737 bits per heavy atom. The third kappa shape index (κ3) is 8.02. The van der Waals surface area contributed by atoms with Crippen molar-refractivity contribution in [2.45, 2.75) is 0 Å². The fraction of sp³-hybridized carbons (Fsp3) is 0.600. The smallest absolute Gasteiger partial charge is 0.374 e. The normalized spacial score (nSPS) is 10.8. The van der Waals surface area contributed by atoms with Crippen LogP contribution in [0.25, 0.3) is 0 Å². The van der Waals surface area contributed by atoms with E-state index < -0.39 is 17.6 Å². The topological polar surface area (TPSA) is 55.4 Å². The van der Waals surface area contributed by atoms with Crippen molar-refractivity contribution in [1.82, 2.24) is 0 Å². The lowest BCUT2D eigenvalue weighted by Gasteiger charge is -2.19. The van der Waals surface area contributed by atoms with E-state index in [1.807, 2.05) is 0 Å². The highest BCUT2D eigenvalue weighted by atomic mass is 32.1. The molecule has 19 heavy (non-hydrogen) atoms. The van der Waals surface area contributed by atoms with Crippen molar-refractivity contribution >= 4 is 31.1 Å². The fourth-order valence-corrected chi connectivity index (χ4v) is 3.00. The summed E-state index contributed by atoms with van der Waals surface area (Å²) in [6.07, 6.45) is 0. The Labute approximate surface area is 125 Å². The second kappa shape index (κ2) is 13.0. The van der Waals surface area contributed by atoms with Crippen molar-refractivity contribution in [1.29, 1.82) is 0 Å². The molecule has 0 aromatic rings. The predicted molar refractivity (Wildman–Crippen MR) is 84.3 cm³/mol. The highest BCUT2D eigenvalue weighted by Gasteiger charge is 2.33. The van der Waals surface area contributed by atoms with Crippen LogP contribution in [0.1, 0.15) is 0 Å². The van der Waals surface area contributed by atoms with Gasteiger partial charge in [0.25, 0.3) is 0 Å². The lowest BCUT2D eigenvalue weighted by Crippen LogP contribution is -2.40. The summed E-state index contributed by atoms with van der Waals surface area (Å²) < 4.78 is 29.8. The minimum Gasteiger partial charge on any atom is -0.374 e. The number of hydrogen-bond acceptors (Lipinski definition) is 6. The summed E-state index contributed by atoms with van der Waals surface area (Å²) in [7, 11) is 4.40. The Bertz CT molecular complexity index is 194. The standard InChI is InChI=1S/2C5H12O3Si.H2S/c2*1-5-9(6-2,7-3)8-4;/h2*5H,1H2,2-4H3;1H2. The van der Waals surface area contributed by atoms with Crippen molar-refractivity contribution < 1.29 is 26.6 Å². The molecule has 0 amide bonds. The van der Waals surface area contributed by atoms with E-state index >= 15 is 0 Å². The van der Waals surface area contributed by atoms with Crippen LogP contribution in [0.5, 0.6) is 0 Å². The SMILES string of the molecule is C=C[Si](OC)(OC)OC.C=C[Si](OC)(OC)OC.S. The maximum Gasteiger partial charge on any atom is 0.528 e. The minimum absolute atomic E-state index is 0. The van der Waals surface area contributed by atoms with Crippen molar-refractivity contribution in [3.05, 3.63) is 24.6 Å². The highest BCUT2D eigenvalue weighted by molar-refractivity contribution is 7.59. The zero-order chi connectivity index (χ0) is 14.7. The molecule has 0 aliphatic carbocycles. The molecule has 9 heteroatoms. The van der Waals surface area contributed by atoms with Crippen LogP contribution in [0, 0.1) is 0 Å². The molecular formula is C10H26O6SSi2. The van der Waals surface area contributed by atoms with Gasteiger partial charge in [-0.2, -0.15) is 13.5 Å². The van der Waals surface area contributed by atoms with Crippen LogP contribution in [0.4, 0.5) is 0 Å². The van der Waals surface area contributed by atoms with Gasteiger partial charge in [0.15, 0.2) is 0 Å². The van der Waals surface area contributed by atoms with Crippen LogP contribution >= 0.6 is 13.5 Å². The first-order chi connectivity index (χ1) is 8.49. The van der Waals surface area contributed by atoms with E-state index in [4.69, 9.17) is 26.6 Å². The van der Waals surface area contributed by atoms with Crippen LogP contribution in [-0.4, -0.2) is 60.3 Å². The summed E-state index contributed by atoms with van der Waals surface area (Å²) in [4.78, 5) is 0. The van der Waals surface area contributed by atoms with E-state index in [1.54, 1.807) is 54.1 Å². The molecule has 0 rings (SSSR count). The Morgan fingerprint density at radius 2 is 0.737 bits per heavy atom. The monoisotopic (exact) mass is 330 g/mol. The molecule has 0 aliphatic rings. The summed E-state index contributed by atoms with van der Waals surface area (Å²) >= 11 is 0. The molecule has 0 spiro atoms. The quantitative estimate of drug-likeness (QED) is 0.625. The molecule has 0 N–H and O–H groups in total. The first-order valence-electron chi connectivity index (χ1n) is 5.07. The van der Waals surface area contributed by atoms with Crippen molar-refractivity contribution in [3.8, 4) is 0 Å². The molecule has 0 radical (unpaired) electrons. The van der Waals surface area contributed by atoms with Gasteiger partial charge in [-0.15, -0.1) is 0 Å². The summed E-state index contributed by atoms with van der Waals surface area (Å²) in [6, 6.07) is 0. The van der Waals surface area contributed by atoms with E-state index in [0.29, 0.717) is 0 Å². The molecular weight excluding hydrogens is 304 g/mol. The third-order valence-electron chi connectivity index (χ3n) is 2.21. The van der Waals surface area contributed by atoms with Crippen LogP contribution in [0.3, 0.4) is 0 Å². The Balaban J connectivity index is -0.000000256. The molecule has 0 aromatic carbocycles. The maximum absolute atomic E-state index is 4.96. The molecule has 0 atom stereocenters. The zero-order valence-electron chi connectivity index (χ0n) is 12.5. The van der Waals surface area contributed by atoms with Gasteiger partial charge in [-0.3, -0.25) is 0 Å². The lowest BCUT2D eigenvalue weighted by molar-refractivity contribution is 0.138.